The van der Waals surface area contributed by atoms with Gasteiger partial charge in [-0.3, -0.25) is 5.01 Å². The molecule has 4 rings (SSSR count). The Morgan fingerprint density at radius 2 is 1.86 bits per heavy atom. The summed E-state index contributed by atoms with van der Waals surface area (Å²) in [5.74, 6) is 1.57. The highest BCUT2D eigenvalue weighted by molar-refractivity contribution is 5.59. The van der Waals surface area contributed by atoms with Crippen molar-refractivity contribution in [3.8, 4) is 17.1 Å². The van der Waals surface area contributed by atoms with Crippen molar-refractivity contribution in [1.29, 1.82) is 0 Å². The van der Waals surface area contributed by atoms with Crippen LogP contribution in [0, 0.1) is 20.8 Å². The highest BCUT2D eigenvalue weighted by atomic mass is 16.5. The van der Waals surface area contributed by atoms with Gasteiger partial charge in [-0.2, -0.15) is 0 Å². The second-order valence-electron chi connectivity index (χ2n) is 7.24. The number of ether oxygens (including phenoxy) is 1. The SMILES string of the molecule is Cc1ccnc(-c2ccc(OCc3c(C)cccc3N3CN(C)N=N3)c(C)c2)n1. The number of rotatable bonds is 5. The smallest absolute Gasteiger partial charge is 0.159 e. The highest BCUT2D eigenvalue weighted by Gasteiger charge is 2.19. The molecule has 0 bridgehead atoms. The molecule has 7 heteroatoms. The Balaban J connectivity index is 1.55. The number of hydrogen-bond donors (Lipinski definition) is 0. The largest absolute Gasteiger partial charge is 0.489 e. The van der Waals surface area contributed by atoms with Gasteiger partial charge in [-0.25, -0.2) is 15.0 Å². The normalized spacial score (nSPS) is 13.2. The van der Waals surface area contributed by atoms with E-state index in [-0.39, 0.29) is 0 Å². The fourth-order valence-electron chi connectivity index (χ4n) is 3.30. The lowest BCUT2D eigenvalue weighted by molar-refractivity contribution is 0.303. The van der Waals surface area contributed by atoms with Gasteiger partial charge in [0, 0.05) is 30.1 Å². The van der Waals surface area contributed by atoms with Crippen LogP contribution < -0.4 is 9.75 Å². The van der Waals surface area contributed by atoms with Crippen LogP contribution in [-0.4, -0.2) is 28.7 Å². The van der Waals surface area contributed by atoms with Crippen LogP contribution in [0.4, 0.5) is 5.69 Å². The predicted octanol–water partition coefficient (Wildman–Crippen LogP) is 4.64. The van der Waals surface area contributed by atoms with Crippen molar-refractivity contribution in [2.75, 3.05) is 18.7 Å². The van der Waals surface area contributed by atoms with Crippen LogP contribution in [0.2, 0.25) is 0 Å². The van der Waals surface area contributed by atoms with Gasteiger partial charge in [0.05, 0.1) is 5.69 Å². The van der Waals surface area contributed by atoms with E-state index in [0.29, 0.717) is 13.3 Å². The molecule has 1 aliphatic heterocycles. The second kappa shape index (κ2) is 7.87. The molecule has 0 saturated carbocycles. The van der Waals surface area contributed by atoms with Crippen molar-refractivity contribution in [2.45, 2.75) is 27.4 Å². The first kappa shape index (κ1) is 18.9. The Morgan fingerprint density at radius 1 is 1.00 bits per heavy atom. The van der Waals surface area contributed by atoms with Gasteiger partial charge in [-0.1, -0.05) is 17.4 Å². The number of hydrogen-bond acceptors (Lipinski definition) is 7. The van der Waals surface area contributed by atoms with Crippen LogP contribution in [-0.2, 0) is 6.61 Å². The van der Waals surface area contributed by atoms with Gasteiger partial charge in [0.25, 0.3) is 0 Å². The Bertz CT molecular complexity index is 1060. The molecule has 0 N–H and O–H groups in total. The number of nitrogens with zero attached hydrogens (tertiary/aromatic N) is 6. The van der Waals surface area contributed by atoms with E-state index in [1.165, 1.54) is 0 Å². The topological polar surface area (TPSA) is 66.2 Å². The zero-order chi connectivity index (χ0) is 20.4. The maximum absolute atomic E-state index is 6.19. The molecule has 3 aromatic rings. The molecule has 148 valence electrons. The van der Waals surface area contributed by atoms with Crippen molar-refractivity contribution in [3.05, 3.63) is 71.0 Å². The maximum atomic E-state index is 6.19. The Labute approximate surface area is 170 Å². The molecular formula is C22H24N6O. The van der Waals surface area contributed by atoms with Crippen LogP contribution in [0.25, 0.3) is 11.4 Å². The van der Waals surface area contributed by atoms with E-state index >= 15 is 0 Å². The predicted molar refractivity (Wildman–Crippen MR) is 112 cm³/mol. The molecule has 0 amide bonds. The molecule has 2 aromatic carbocycles. The van der Waals surface area contributed by atoms with Crippen molar-refractivity contribution in [2.24, 2.45) is 10.4 Å². The average molecular weight is 388 g/mol. The molecule has 0 aliphatic carbocycles. The van der Waals surface area contributed by atoms with Crippen LogP contribution in [0.5, 0.6) is 5.75 Å². The van der Waals surface area contributed by atoms with Crippen LogP contribution in [0.3, 0.4) is 0 Å². The summed E-state index contributed by atoms with van der Waals surface area (Å²) in [7, 11) is 1.90. The van der Waals surface area contributed by atoms with E-state index in [1.54, 1.807) is 11.2 Å². The van der Waals surface area contributed by atoms with Crippen molar-refractivity contribution >= 4 is 5.69 Å². The summed E-state index contributed by atoms with van der Waals surface area (Å²) in [6, 6.07) is 14.1. The third-order valence-electron chi connectivity index (χ3n) is 4.90. The first-order valence-corrected chi connectivity index (χ1v) is 9.53. The summed E-state index contributed by atoms with van der Waals surface area (Å²) >= 11 is 0. The fourth-order valence-corrected chi connectivity index (χ4v) is 3.30. The average Bonchev–Trinajstić information content (AvgIpc) is 3.14. The minimum atomic E-state index is 0.457. The summed E-state index contributed by atoms with van der Waals surface area (Å²) in [6.07, 6.45) is 1.78. The number of anilines is 1. The van der Waals surface area contributed by atoms with Crippen molar-refractivity contribution < 1.29 is 4.74 Å². The Morgan fingerprint density at radius 3 is 2.59 bits per heavy atom. The molecule has 1 aliphatic rings. The van der Waals surface area contributed by atoms with Gasteiger partial charge in [-0.05, 0) is 67.5 Å². The third kappa shape index (κ3) is 4.03. The third-order valence-corrected chi connectivity index (χ3v) is 4.90. The zero-order valence-corrected chi connectivity index (χ0v) is 17.1. The Kier molecular flexibility index (Phi) is 5.12. The first-order valence-electron chi connectivity index (χ1n) is 9.53. The van der Waals surface area contributed by atoms with Crippen molar-refractivity contribution in [1.82, 2.24) is 15.0 Å². The Hall–Kier alpha value is -3.48. The summed E-state index contributed by atoms with van der Waals surface area (Å²) < 4.78 is 6.19. The van der Waals surface area contributed by atoms with Gasteiger partial charge in [0.1, 0.15) is 19.0 Å². The molecule has 0 saturated heterocycles. The molecule has 2 heterocycles. The number of aryl methyl sites for hydroxylation is 3. The minimum absolute atomic E-state index is 0.457. The molecule has 0 radical (unpaired) electrons. The van der Waals surface area contributed by atoms with E-state index < -0.39 is 0 Å². The molecule has 0 atom stereocenters. The van der Waals surface area contributed by atoms with E-state index in [0.717, 1.165) is 45.2 Å². The van der Waals surface area contributed by atoms with Gasteiger partial charge in [0.15, 0.2) is 5.82 Å². The van der Waals surface area contributed by atoms with Crippen LogP contribution in [0.15, 0.2) is 59.1 Å². The number of benzene rings is 2. The van der Waals surface area contributed by atoms with E-state index in [2.05, 4.69) is 45.5 Å². The lowest BCUT2D eigenvalue weighted by atomic mass is 10.1. The summed E-state index contributed by atoms with van der Waals surface area (Å²) in [5.41, 5.74) is 6.26. The van der Waals surface area contributed by atoms with Gasteiger partial charge >= 0.3 is 0 Å². The van der Waals surface area contributed by atoms with Crippen LogP contribution in [0.1, 0.15) is 22.4 Å². The molecule has 7 nitrogen and oxygen atoms in total. The van der Waals surface area contributed by atoms with E-state index in [9.17, 15) is 0 Å². The number of aromatic nitrogens is 2. The molecule has 29 heavy (non-hydrogen) atoms. The van der Waals surface area contributed by atoms with Crippen molar-refractivity contribution in [3.63, 3.8) is 0 Å². The minimum Gasteiger partial charge on any atom is -0.489 e. The maximum Gasteiger partial charge on any atom is 0.159 e. The molecular weight excluding hydrogens is 364 g/mol. The summed E-state index contributed by atoms with van der Waals surface area (Å²) in [4.78, 5) is 8.87. The lowest BCUT2D eigenvalue weighted by Gasteiger charge is -2.20. The van der Waals surface area contributed by atoms with Gasteiger partial charge in [0.2, 0.25) is 0 Å². The zero-order valence-electron chi connectivity index (χ0n) is 17.1. The first-order chi connectivity index (χ1) is 14.0. The quantitative estimate of drug-likeness (QED) is 0.637. The molecule has 0 fully saturated rings. The van der Waals surface area contributed by atoms with Gasteiger partial charge in [-0.15, -0.1) is 0 Å². The lowest BCUT2D eigenvalue weighted by Crippen LogP contribution is -2.23. The van der Waals surface area contributed by atoms with Crippen LogP contribution >= 0.6 is 0 Å². The second-order valence-corrected chi connectivity index (χ2v) is 7.24. The standard InChI is InChI=1S/C22H24N6O/c1-15-6-5-7-20(28-14-27(4)25-26-28)19(15)13-29-21-9-8-18(12-16(21)2)22-23-11-10-17(3)24-22/h5-12H,13-14H2,1-4H3. The fraction of sp³-hybridized carbons (Fsp3) is 0.273. The molecule has 0 unspecified atom stereocenters. The van der Waals surface area contributed by atoms with E-state index in [1.807, 2.05) is 50.2 Å². The van der Waals surface area contributed by atoms with Gasteiger partial charge < -0.3 is 4.74 Å². The monoisotopic (exact) mass is 388 g/mol. The van der Waals surface area contributed by atoms with E-state index in [4.69, 9.17) is 4.74 Å². The summed E-state index contributed by atoms with van der Waals surface area (Å²) in [6.45, 7) is 7.17. The summed E-state index contributed by atoms with van der Waals surface area (Å²) in [5, 5.41) is 12.0. The highest BCUT2D eigenvalue weighted by Crippen LogP contribution is 2.30. The molecule has 0 spiro atoms. The molecule has 1 aromatic heterocycles.